The van der Waals surface area contributed by atoms with Crippen molar-refractivity contribution in [2.45, 2.75) is 25.1 Å². The summed E-state index contributed by atoms with van der Waals surface area (Å²) in [6, 6.07) is 2.01. The smallest absolute Gasteiger partial charge is 0.388 e. The third-order valence-electron chi connectivity index (χ3n) is 2.33. The molecular formula is C12H12F4O. The molecule has 94 valence electrons. The maximum Gasteiger partial charge on any atom is 0.416 e. The maximum atomic E-state index is 13.3. The van der Waals surface area contributed by atoms with Gasteiger partial charge < -0.3 is 5.11 Å². The molecular weight excluding hydrogens is 236 g/mol. The number of aliphatic hydroxyl groups is 1. The van der Waals surface area contributed by atoms with Crippen LogP contribution in [0, 0.1) is 5.82 Å². The molecule has 0 aliphatic heterocycles. The number of alkyl halides is 3. The topological polar surface area (TPSA) is 20.2 Å². The average molecular weight is 248 g/mol. The Morgan fingerprint density at radius 2 is 2.00 bits per heavy atom. The fourth-order valence-corrected chi connectivity index (χ4v) is 1.41. The molecule has 0 saturated carbocycles. The first-order valence-electron chi connectivity index (χ1n) is 5.02. The van der Waals surface area contributed by atoms with Gasteiger partial charge in [-0.3, -0.25) is 0 Å². The minimum atomic E-state index is -4.54. The molecule has 0 bridgehead atoms. The molecule has 0 saturated heterocycles. The van der Waals surface area contributed by atoms with Gasteiger partial charge in [-0.25, -0.2) is 4.39 Å². The van der Waals surface area contributed by atoms with Crippen molar-refractivity contribution < 1.29 is 22.7 Å². The van der Waals surface area contributed by atoms with Gasteiger partial charge in [0, 0.05) is 5.56 Å². The fraction of sp³-hybridized carbons (Fsp3) is 0.333. The number of hydrogen-bond donors (Lipinski definition) is 1. The third kappa shape index (κ3) is 3.56. The van der Waals surface area contributed by atoms with Crippen LogP contribution in [0.5, 0.6) is 0 Å². The predicted molar refractivity (Wildman–Crippen MR) is 55.8 cm³/mol. The van der Waals surface area contributed by atoms with Gasteiger partial charge in [-0.1, -0.05) is 6.08 Å². The highest BCUT2D eigenvalue weighted by molar-refractivity contribution is 5.28. The van der Waals surface area contributed by atoms with E-state index in [4.69, 9.17) is 0 Å². The lowest BCUT2D eigenvalue weighted by molar-refractivity contribution is -0.137. The van der Waals surface area contributed by atoms with Crippen LogP contribution in [-0.2, 0) is 6.18 Å². The van der Waals surface area contributed by atoms with Gasteiger partial charge in [-0.15, -0.1) is 6.58 Å². The second-order valence-corrected chi connectivity index (χ2v) is 3.62. The molecule has 1 rings (SSSR count). The number of allylic oxidation sites excluding steroid dienone is 1. The summed E-state index contributed by atoms with van der Waals surface area (Å²) in [4.78, 5) is 0. The summed E-state index contributed by atoms with van der Waals surface area (Å²) in [6.07, 6.45) is -3.75. The molecule has 1 nitrogen and oxygen atoms in total. The van der Waals surface area contributed by atoms with Crippen molar-refractivity contribution in [3.8, 4) is 0 Å². The second kappa shape index (κ2) is 5.31. The van der Waals surface area contributed by atoms with E-state index < -0.39 is 23.7 Å². The first-order chi connectivity index (χ1) is 7.86. The predicted octanol–water partition coefficient (Wildman–Crippen LogP) is 3.84. The van der Waals surface area contributed by atoms with E-state index in [2.05, 4.69) is 6.58 Å². The lowest BCUT2D eigenvalue weighted by Gasteiger charge is -2.14. The molecule has 0 aromatic heterocycles. The van der Waals surface area contributed by atoms with Gasteiger partial charge in [-0.05, 0) is 31.0 Å². The quantitative estimate of drug-likeness (QED) is 0.634. The van der Waals surface area contributed by atoms with Gasteiger partial charge in [0.25, 0.3) is 0 Å². The Balaban J connectivity index is 3.02. The van der Waals surface area contributed by atoms with Crippen molar-refractivity contribution >= 4 is 0 Å². The van der Waals surface area contributed by atoms with Gasteiger partial charge in [-0.2, -0.15) is 13.2 Å². The van der Waals surface area contributed by atoms with Crippen LogP contribution in [0.15, 0.2) is 30.9 Å². The Hall–Kier alpha value is -1.36. The minimum Gasteiger partial charge on any atom is -0.388 e. The number of hydrogen-bond acceptors (Lipinski definition) is 1. The lowest BCUT2D eigenvalue weighted by atomic mass is 10.0. The zero-order valence-electron chi connectivity index (χ0n) is 8.97. The Labute approximate surface area is 96.4 Å². The monoisotopic (exact) mass is 248 g/mol. The molecule has 5 heteroatoms. The van der Waals surface area contributed by atoms with Gasteiger partial charge in [0.15, 0.2) is 0 Å². The summed E-state index contributed by atoms with van der Waals surface area (Å²) in [7, 11) is 0. The SMILES string of the molecule is C=CCCC(O)c1cc(C(F)(F)F)ccc1F. The second-order valence-electron chi connectivity index (χ2n) is 3.62. The van der Waals surface area contributed by atoms with Gasteiger partial charge >= 0.3 is 6.18 Å². The van der Waals surface area contributed by atoms with Gasteiger partial charge in [0.05, 0.1) is 11.7 Å². The minimum absolute atomic E-state index is 0.141. The average Bonchev–Trinajstić information content (AvgIpc) is 2.24. The van der Waals surface area contributed by atoms with E-state index in [0.29, 0.717) is 18.6 Å². The first kappa shape index (κ1) is 13.7. The van der Waals surface area contributed by atoms with E-state index in [9.17, 15) is 22.7 Å². The zero-order valence-corrected chi connectivity index (χ0v) is 8.97. The molecule has 1 atom stereocenters. The van der Waals surface area contributed by atoms with Crippen LogP contribution in [0.25, 0.3) is 0 Å². The molecule has 0 spiro atoms. The molecule has 17 heavy (non-hydrogen) atoms. The van der Waals surface area contributed by atoms with Crippen molar-refractivity contribution in [1.82, 2.24) is 0 Å². The van der Waals surface area contributed by atoms with E-state index >= 15 is 0 Å². The Bertz CT molecular complexity index is 398. The Morgan fingerprint density at radius 1 is 1.35 bits per heavy atom. The number of benzene rings is 1. The standard InChI is InChI=1S/C12H12F4O/c1-2-3-4-11(17)9-7-8(12(14,15)16)5-6-10(9)13/h2,5-7,11,17H,1,3-4H2. The molecule has 0 aliphatic rings. The van der Waals surface area contributed by atoms with Crippen molar-refractivity contribution in [2.24, 2.45) is 0 Å². The van der Waals surface area contributed by atoms with E-state index in [1.165, 1.54) is 6.08 Å². The summed E-state index contributed by atoms with van der Waals surface area (Å²) >= 11 is 0. The van der Waals surface area contributed by atoms with E-state index in [1.54, 1.807) is 0 Å². The van der Waals surface area contributed by atoms with Crippen LogP contribution < -0.4 is 0 Å². The molecule has 1 N–H and O–H groups in total. The molecule has 0 aliphatic carbocycles. The van der Waals surface area contributed by atoms with Crippen LogP contribution in [0.3, 0.4) is 0 Å². The normalized spacial score (nSPS) is 13.5. The molecule has 0 heterocycles. The molecule has 1 aromatic carbocycles. The molecule has 1 aromatic rings. The van der Waals surface area contributed by atoms with Crippen LogP contribution in [-0.4, -0.2) is 5.11 Å². The largest absolute Gasteiger partial charge is 0.416 e. The highest BCUT2D eigenvalue weighted by Crippen LogP contribution is 2.32. The maximum absolute atomic E-state index is 13.3. The first-order valence-corrected chi connectivity index (χ1v) is 5.02. The van der Waals surface area contributed by atoms with Crippen molar-refractivity contribution in [3.63, 3.8) is 0 Å². The van der Waals surface area contributed by atoms with Crippen molar-refractivity contribution in [3.05, 3.63) is 47.8 Å². The molecule has 1 unspecified atom stereocenters. The molecule has 0 radical (unpaired) electrons. The summed E-state index contributed by atoms with van der Waals surface area (Å²) in [5.74, 6) is -0.838. The van der Waals surface area contributed by atoms with Crippen molar-refractivity contribution in [1.29, 1.82) is 0 Å². The third-order valence-corrected chi connectivity index (χ3v) is 2.33. The van der Waals surface area contributed by atoms with E-state index in [-0.39, 0.29) is 12.0 Å². The molecule has 0 fully saturated rings. The summed E-state index contributed by atoms with van der Waals surface area (Å²) in [6.45, 7) is 3.42. The van der Waals surface area contributed by atoms with Crippen LogP contribution in [0.1, 0.15) is 30.1 Å². The highest BCUT2D eigenvalue weighted by Gasteiger charge is 2.31. The summed E-state index contributed by atoms with van der Waals surface area (Å²) in [5, 5.41) is 9.57. The Kier molecular flexibility index (Phi) is 4.28. The number of aliphatic hydroxyl groups excluding tert-OH is 1. The molecule has 0 amide bonds. The van der Waals surface area contributed by atoms with Crippen molar-refractivity contribution in [2.75, 3.05) is 0 Å². The van der Waals surface area contributed by atoms with Crippen LogP contribution >= 0.6 is 0 Å². The summed E-state index contributed by atoms with van der Waals surface area (Å²) < 4.78 is 50.5. The number of rotatable bonds is 4. The van der Waals surface area contributed by atoms with Gasteiger partial charge in [0.2, 0.25) is 0 Å². The highest BCUT2D eigenvalue weighted by atomic mass is 19.4. The van der Waals surface area contributed by atoms with Crippen LogP contribution in [0.2, 0.25) is 0 Å². The zero-order chi connectivity index (χ0) is 13.1. The summed E-state index contributed by atoms with van der Waals surface area (Å²) in [5.41, 5.74) is -1.30. The van der Waals surface area contributed by atoms with E-state index in [0.717, 1.165) is 6.07 Å². The lowest BCUT2D eigenvalue weighted by Crippen LogP contribution is -2.08. The Morgan fingerprint density at radius 3 is 2.53 bits per heavy atom. The van der Waals surface area contributed by atoms with Gasteiger partial charge in [0.1, 0.15) is 5.82 Å². The fourth-order valence-electron chi connectivity index (χ4n) is 1.41. The van der Waals surface area contributed by atoms with Crippen LogP contribution in [0.4, 0.5) is 17.6 Å². The van der Waals surface area contributed by atoms with E-state index in [1.807, 2.05) is 0 Å². The number of halogens is 4.